The molecule has 2 saturated heterocycles. The number of morpholine rings is 2. The van der Waals surface area contributed by atoms with Crippen LogP contribution in [0.25, 0.3) is 0 Å². The van der Waals surface area contributed by atoms with Crippen LogP contribution in [-0.2, 0) is 14.3 Å². The first-order valence-corrected chi connectivity index (χ1v) is 7.60. The maximum atomic E-state index is 12.3. The van der Waals surface area contributed by atoms with Gasteiger partial charge in [0.2, 0.25) is 5.91 Å². The topological polar surface area (TPSA) is 62.8 Å². The lowest BCUT2D eigenvalue weighted by atomic mass is 10.1. The Hall–Kier alpha value is -0.690. The summed E-state index contributed by atoms with van der Waals surface area (Å²) >= 11 is 0. The molecule has 2 aliphatic heterocycles. The van der Waals surface area contributed by atoms with Gasteiger partial charge in [-0.2, -0.15) is 0 Å². The van der Waals surface area contributed by atoms with Crippen LogP contribution >= 0.6 is 0 Å². The molecule has 0 aliphatic carbocycles. The molecule has 0 radical (unpaired) electrons. The first-order valence-electron chi connectivity index (χ1n) is 7.60. The maximum absolute atomic E-state index is 12.3. The Balaban J connectivity index is 1.71. The van der Waals surface area contributed by atoms with E-state index in [1.54, 1.807) is 0 Å². The number of nitrogens with zero attached hydrogens (tertiary/aromatic N) is 1. The minimum atomic E-state index is -0.146. The third-order valence-corrected chi connectivity index (χ3v) is 3.86. The Morgan fingerprint density at radius 1 is 1.30 bits per heavy atom. The highest BCUT2D eigenvalue weighted by atomic mass is 16.5. The summed E-state index contributed by atoms with van der Waals surface area (Å²) < 4.78 is 10.7. The molecule has 3 atom stereocenters. The summed E-state index contributed by atoms with van der Waals surface area (Å²) in [5.74, 6) is 0.174. The van der Waals surface area contributed by atoms with E-state index < -0.39 is 0 Å². The molecule has 0 saturated carbocycles. The van der Waals surface area contributed by atoms with Gasteiger partial charge >= 0.3 is 0 Å². The number of rotatable bonds is 5. The Morgan fingerprint density at radius 3 is 2.70 bits per heavy atom. The minimum Gasteiger partial charge on any atom is -0.379 e. The second kappa shape index (κ2) is 7.93. The smallest absolute Gasteiger partial charge is 0.239 e. The molecule has 0 aromatic carbocycles. The van der Waals surface area contributed by atoms with Crippen LogP contribution in [-0.4, -0.2) is 75.0 Å². The lowest BCUT2D eigenvalue weighted by Crippen LogP contribution is -2.52. The summed E-state index contributed by atoms with van der Waals surface area (Å²) in [5, 5.41) is 6.84. The molecular formula is C14H27N3O3. The van der Waals surface area contributed by atoms with Crippen molar-refractivity contribution < 1.29 is 14.3 Å². The molecule has 0 bridgehead atoms. The molecule has 2 heterocycles. The standard InChI is InChI=1S/C14H27N3O3/c1-11(9-13-10-20-6-3-15-13)16-12(2)14(18)17-4-7-19-8-5-17/h11-13,15-16H,3-10H2,1-2H3. The van der Waals surface area contributed by atoms with Crippen LogP contribution < -0.4 is 10.6 Å². The van der Waals surface area contributed by atoms with Crippen LogP contribution in [0.3, 0.4) is 0 Å². The zero-order valence-corrected chi connectivity index (χ0v) is 12.6. The molecule has 1 amide bonds. The van der Waals surface area contributed by atoms with Crippen molar-refractivity contribution in [2.75, 3.05) is 46.1 Å². The van der Waals surface area contributed by atoms with Crippen LogP contribution in [0.1, 0.15) is 20.3 Å². The largest absolute Gasteiger partial charge is 0.379 e. The Bertz CT molecular complexity index is 302. The highest BCUT2D eigenvalue weighted by Crippen LogP contribution is 2.05. The number of amides is 1. The van der Waals surface area contributed by atoms with Gasteiger partial charge < -0.3 is 25.0 Å². The Kier molecular flexibility index (Phi) is 6.22. The van der Waals surface area contributed by atoms with Gasteiger partial charge in [-0.15, -0.1) is 0 Å². The molecule has 0 aromatic heterocycles. The van der Waals surface area contributed by atoms with Crippen molar-refractivity contribution >= 4 is 5.91 Å². The van der Waals surface area contributed by atoms with E-state index in [1.165, 1.54) is 0 Å². The number of carbonyl (C=O) groups excluding carboxylic acids is 1. The van der Waals surface area contributed by atoms with Crippen molar-refractivity contribution in [1.82, 2.24) is 15.5 Å². The van der Waals surface area contributed by atoms with Crippen LogP contribution in [0.5, 0.6) is 0 Å². The predicted molar refractivity (Wildman–Crippen MR) is 76.7 cm³/mol. The van der Waals surface area contributed by atoms with Crippen molar-refractivity contribution in [2.45, 2.75) is 38.4 Å². The second-order valence-corrected chi connectivity index (χ2v) is 5.69. The molecular weight excluding hydrogens is 258 g/mol. The maximum Gasteiger partial charge on any atom is 0.239 e. The van der Waals surface area contributed by atoms with Crippen molar-refractivity contribution in [1.29, 1.82) is 0 Å². The molecule has 2 rings (SSSR count). The second-order valence-electron chi connectivity index (χ2n) is 5.69. The number of carbonyl (C=O) groups is 1. The van der Waals surface area contributed by atoms with Gasteiger partial charge in [-0.1, -0.05) is 0 Å². The van der Waals surface area contributed by atoms with Gasteiger partial charge in [-0.05, 0) is 20.3 Å². The van der Waals surface area contributed by atoms with Gasteiger partial charge in [0.1, 0.15) is 0 Å². The van der Waals surface area contributed by atoms with E-state index in [2.05, 4.69) is 17.6 Å². The normalized spacial score (nSPS) is 27.1. The fraction of sp³-hybridized carbons (Fsp3) is 0.929. The number of hydrogen-bond acceptors (Lipinski definition) is 5. The summed E-state index contributed by atoms with van der Waals surface area (Å²) in [5.41, 5.74) is 0. The number of ether oxygens (including phenoxy) is 2. The molecule has 2 N–H and O–H groups in total. The molecule has 3 unspecified atom stereocenters. The molecule has 0 spiro atoms. The molecule has 6 nitrogen and oxygen atoms in total. The molecule has 2 aliphatic rings. The predicted octanol–water partition coefficient (Wildman–Crippen LogP) is -0.410. The van der Waals surface area contributed by atoms with Gasteiger partial charge in [-0.25, -0.2) is 0 Å². The fourth-order valence-corrected chi connectivity index (χ4v) is 2.82. The summed E-state index contributed by atoms with van der Waals surface area (Å²) in [6, 6.07) is 0.527. The third kappa shape index (κ3) is 4.70. The SMILES string of the molecule is CC(CC1COCCN1)NC(C)C(=O)N1CCOCC1. The van der Waals surface area contributed by atoms with E-state index in [0.29, 0.717) is 32.3 Å². The molecule has 2 fully saturated rings. The van der Waals surface area contributed by atoms with Crippen LogP contribution in [0.15, 0.2) is 0 Å². The summed E-state index contributed by atoms with van der Waals surface area (Å²) in [6.45, 7) is 9.25. The first kappa shape index (κ1) is 15.7. The van der Waals surface area contributed by atoms with Gasteiger partial charge in [-0.3, -0.25) is 4.79 Å². The Labute approximate surface area is 121 Å². The van der Waals surface area contributed by atoms with Gasteiger partial charge in [0.15, 0.2) is 0 Å². The Morgan fingerprint density at radius 2 is 2.05 bits per heavy atom. The van der Waals surface area contributed by atoms with Crippen LogP contribution in [0.4, 0.5) is 0 Å². The highest BCUT2D eigenvalue weighted by Gasteiger charge is 2.24. The van der Waals surface area contributed by atoms with E-state index in [4.69, 9.17) is 9.47 Å². The molecule has 6 heteroatoms. The van der Waals surface area contributed by atoms with Crippen molar-refractivity contribution in [2.24, 2.45) is 0 Å². The van der Waals surface area contributed by atoms with E-state index in [9.17, 15) is 4.79 Å². The van der Waals surface area contributed by atoms with E-state index in [1.807, 2.05) is 11.8 Å². The fourth-order valence-electron chi connectivity index (χ4n) is 2.82. The quantitative estimate of drug-likeness (QED) is 0.719. The molecule has 0 aromatic rings. The zero-order valence-electron chi connectivity index (χ0n) is 12.6. The number of hydrogen-bond donors (Lipinski definition) is 2. The first-order chi connectivity index (χ1) is 9.66. The van der Waals surface area contributed by atoms with E-state index in [-0.39, 0.29) is 18.0 Å². The molecule has 116 valence electrons. The zero-order chi connectivity index (χ0) is 14.4. The van der Waals surface area contributed by atoms with Crippen molar-refractivity contribution in [3.63, 3.8) is 0 Å². The summed E-state index contributed by atoms with van der Waals surface area (Å²) in [6.07, 6.45) is 0.973. The lowest BCUT2D eigenvalue weighted by Gasteiger charge is -2.32. The van der Waals surface area contributed by atoms with E-state index in [0.717, 1.165) is 26.2 Å². The summed E-state index contributed by atoms with van der Waals surface area (Å²) in [4.78, 5) is 14.2. The minimum absolute atomic E-state index is 0.146. The average Bonchev–Trinajstić information content (AvgIpc) is 2.48. The van der Waals surface area contributed by atoms with Crippen LogP contribution in [0, 0.1) is 0 Å². The van der Waals surface area contributed by atoms with Gasteiger partial charge in [0.25, 0.3) is 0 Å². The van der Waals surface area contributed by atoms with Crippen LogP contribution in [0.2, 0.25) is 0 Å². The van der Waals surface area contributed by atoms with Gasteiger partial charge in [0.05, 0.1) is 32.5 Å². The average molecular weight is 285 g/mol. The molecule has 20 heavy (non-hydrogen) atoms. The van der Waals surface area contributed by atoms with Gasteiger partial charge in [0, 0.05) is 31.7 Å². The van der Waals surface area contributed by atoms with Crippen molar-refractivity contribution in [3.8, 4) is 0 Å². The third-order valence-electron chi connectivity index (χ3n) is 3.86. The monoisotopic (exact) mass is 285 g/mol. The number of nitrogens with one attached hydrogen (secondary N) is 2. The summed E-state index contributed by atoms with van der Waals surface area (Å²) in [7, 11) is 0. The highest BCUT2D eigenvalue weighted by molar-refractivity contribution is 5.81. The van der Waals surface area contributed by atoms with E-state index >= 15 is 0 Å². The van der Waals surface area contributed by atoms with Crippen molar-refractivity contribution in [3.05, 3.63) is 0 Å². The lowest BCUT2D eigenvalue weighted by molar-refractivity contribution is -0.137.